The molecule has 0 spiro atoms. The van der Waals surface area contributed by atoms with Gasteiger partial charge in [-0.2, -0.15) is 0 Å². The van der Waals surface area contributed by atoms with E-state index in [1.165, 1.54) is 7.11 Å². The van der Waals surface area contributed by atoms with E-state index in [4.69, 9.17) is 28.4 Å². The Kier molecular flexibility index (Phi) is 20.6. The summed E-state index contributed by atoms with van der Waals surface area (Å²) >= 11 is 0. The summed E-state index contributed by atoms with van der Waals surface area (Å²) in [6.07, 6.45) is -22.5. The number of methoxy groups -OCH3 is 1. The second-order valence-electron chi connectivity index (χ2n) is 16.0. The number of aliphatic carboxylic acids is 1. The fourth-order valence-electron chi connectivity index (χ4n) is 7.75. The van der Waals surface area contributed by atoms with Crippen LogP contribution in [0.4, 0.5) is 4.39 Å². The van der Waals surface area contributed by atoms with Crippen molar-refractivity contribution in [2.45, 2.75) is 156 Å². The molecular weight excluding hydrogens is 879 g/mol. The predicted molar refractivity (Wildman–Crippen MR) is 211 cm³/mol. The summed E-state index contributed by atoms with van der Waals surface area (Å²) in [4.78, 5) is 50.0. The van der Waals surface area contributed by atoms with E-state index in [-0.39, 0.29) is 19.0 Å². The van der Waals surface area contributed by atoms with Gasteiger partial charge in [-0.25, -0.2) is 9.18 Å². The molecule has 2 amide bonds. The molecule has 4 rings (SSSR count). The van der Waals surface area contributed by atoms with Gasteiger partial charge < -0.3 is 100.0 Å². The van der Waals surface area contributed by atoms with Gasteiger partial charge in [0, 0.05) is 26.4 Å². The Bertz CT molecular complexity index is 1710. The maximum atomic E-state index is 14.3. The van der Waals surface area contributed by atoms with Gasteiger partial charge in [-0.15, -0.1) is 0 Å². The molecule has 3 aliphatic heterocycles. The van der Waals surface area contributed by atoms with Crippen LogP contribution in [-0.2, 0) is 47.5 Å². The Morgan fingerprint density at radius 1 is 0.862 bits per heavy atom. The van der Waals surface area contributed by atoms with Crippen molar-refractivity contribution in [2.24, 2.45) is 0 Å². The van der Waals surface area contributed by atoms with Crippen LogP contribution in [0, 0.1) is 5.82 Å². The van der Waals surface area contributed by atoms with Gasteiger partial charge in [-0.1, -0.05) is 25.7 Å². The highest BCUT2D eigenvalue weighted by molar-refractivity contribution is 5.97. The molecule has 3 heterocycles. The molecule has 25 heteroatoms. The van der Waals surface area contributed by atoms with Crippen molar-refractivity contribution in [1.82, 2.24) is 10.6 Å². The van der Waals surface area contributed by atoms with E-state index in [0.717, 1.165) is 38.3 Å². The molecule has 13 N–H and O–H groups in total. The molecule has 65 heavy (non-hydrogen) atoms. The molecule has 1 aromatic carbocycles. The van der Waals surface area contributed by atoms with Gasteiger partial charge in [0.25, 0.3) is 11.7 Å². The largest absolute Gasteiger partial charge is 0.507 e. The number of amides is 2. The number of carboxylic acid groups (broad SMARTS) is 1. The standard InChI is InChI=1S/C40H61FN2O22/c1-18(47)42-27-22(49)14-40(39(57)58,64-34(27)29(52)23(50)15-44)65-35-31(54)25(17-46)62-38(32(35)55)63-33-28(43-36(56)20-13-19(41)10-11-21(20)48)37(61-24(16-45)30(33)53)60-12-8-6-4-3-5-7-9-26(51)59-2/h10-11,13,22-25,27-35,37-38,44-46,48-50,52-55H,3-9,12,14-17H2,1-2H3,(H,42,47)(H,43,56)(H,57,58)/t22?,23?,24?,25?,27-,28?,29?,30+,31-,32?,33?,34?,35?,37-,38?,40+/m1/s1. The van der Waals surface area contributed by atoms with E-state index >= 15 is 0 Å². The van der Waals surface area contributed by atoms with Crippen LogP contribution in [0.2, 0.25) is 0 Å². The molecule has 0 bridgehead atoms. The number of unbranched alkanes of at least 4 members (excludes halogenated alkanes) is 5. The Hall–Kier alpha value is -3.77. The molecule has 0 radical (unpaired) electrons. The summed E-state index contributed by atoms with van der Waals surface area (Å²) in [5.74, 6) is -8.97. The van der Waals surface area contributed by atoms with Crippen LogP contribution < -0.4 is 10.6 Å². The van der Waals surface area contributed by atoms with E-state index in [9.17, 15) is 79.7 Å². The Labute approximate surface area is 371 Å². The van der Waals surface area contributed by atoms with Crippen molar-refractivity contribution in [3.05, 3.63) is 29.6 Å². The first-order chi connectivity index (χ1) is 30.8. The molecule has 3 fully saturated rings. The van der Waals surface area contributed by atoms with E-state index in [1.54, 1.807) is 0 Å². The molecule has 1 aromatic rings. The van der Waals surface area contributed by atoms with Crippen LogP contribution >= 0.6 is 0 Å². The fraction of sp³-hybridized carbons (Fsp3) is 0.750. The van der Waals surface area contributed by atoms with Crippen molar-refractivity contribution in [1.29, 1.82) is 0 Å². The summed E-state index contributed by atoms with van der Waals surface area (Å²) in [5, 5.41) is 122. The minimum atomic E-state index is -3.13. The van der Waals surface area contributed by atoms with Crippen LogP contribution in [0.15, 0.2) is 18.2 Å². The summed E-state index contributed by atoms with van der Waals surface area (Å²) in [5.41, 5.74) is -0.580. The van der Waals surface area contributed by atoms with E-state index < -0.39 is 159 Å². The quantitative estimate of drug-likeness (QED) is 0.0367. The molecule has 3 saturated heterocycles. The summed E-state index contributed by atoms with van der Waals surface area (Å²) in [6.45, 7) is -2.05. The normalized spacial score (nSPS) is 33.7. The van der Waals surface area contributed by atoms with Gasteiger partial charge in [0.1, 0.15) is 78.6 Å². The zero-order valence-corrected chi connectivity index (χ0v) is 35.7. The Balaban J connectivity index is 1.64. The summed E-state index contributed by atoms with van der Waals surface area (Å²) in [6, 6.07) is -0.787. The van der Waals surface area contributed by atoms with Crippen molar-refractivity contribution in [3.8, 4) is 5.75 Å². The van der Waals surface area contributed by atoms with Crippen LogP contribution in [-0.4, -0.2) is 211 Å². The van der Waals surface area contributed by atoms with Crippen LogP contribution in [0.5, 0.6) is 5.75 Å². The molecule has 0 saturated carbocycles. The third-order valence-corrected chi connectivity index (χ3v) is 11.3. The zero-order chi connectivity index (χ0) is 48.2. The molecule has 16 atom stereocenters. The number of esters is 1. The number of hydrogen-bond donors (Lipinski definition) is 13. The van der Waals surface area contributed by atoms with Gasteiger partial charge in [-0.3, -0.25) is 14.4 Å². The smallest absolute Gasteiger partial charge is 0.364 e. The highest BCUT2D eigenvalue weighted by atomic mass is 19.1. The van der Waals surface area contributed by atoms with E-state index in [1.807, 2.05) is 0 Å². The SMILES string of the molecule is COC(=O)CCCCCCCCO[C@@H]1OC(CO)[C@H](O)C(OC2OC(CO)[C@@H](O)C(O[C@]3(C(=O)O)CC(O)[C@@H](NC(C)=O)C(C(O)C(O)CO)O3)C2O)C1NC(=O)c1cc(F)ccc1O. The maximum absolute atomic E-state index is 14.3. The number of carbonyl (C=O) groups is 4. The van der Waals surface area contributed by atoms with Gasteiger partial charge in [-0.05, 0) is 31.0 Å². The molecule has 3 aliphatic rings. The van der Waals surface area contributed by atoms with Gasteiger partial charge in [0.15, 0.2) is 12.6 Å². The number of benzene rings is 1. The third-order valence-electron chi connectivity index (χ3n) is 11.3. The average molecular weight is 941 g/mol. The number of carboxylic acids is 1. The first-order valence-electron chi connectivity index (χ1n) is 21.0. The fourth-order valence-corrected chi connectivity index (χ4v) is 7.75. The van der Waals surface area contributed by atoms with Crippen LogP contribution in [0.25, 0.3) is 0 Å². The number of aliphatic hydroxyl groups excluding tert-OH is 9. The number of aromatic hydroxyl groups is 1. The lowest BCUT2D eigenvalue weighted by atomic mass is 9.88. The number of nitrogens with one attached hydrogen (secondary N) is 2. The van der Waals surface area contributed by atoms with E-state index in [0.29, 0.717) is 25.3 Å². The van der Waals surface area contributed by atoms with Crippen molar-refractivity contribution in [3.63, 3.8) is 0 Å². The minimum absolute atomic E-state index is 0.0421. The Morgan fingerprint density at radius 3 is 2.08 bits per heavy atom. The lowest BCUT2D eigenvalue weighted by molar-refractivity contribution is -0.381. The van der Waals surface area contributed by atoms with Gasteiger partial charge in [0.2, 0.25) is 5.91 Å². The number of aliphatic hydroxyl groups is 9. The zero-order valence-electron chi connectivity index (χ0n) is 35.7. The number of rotatable bonds is 23. The lowest BCUT2D eigenvalue weighted by Crippen LogP contribution is -2.71. The third kappa shape index (κ3) is 13.7. The number of phenolic OH excluding ortho intramolecular Hbond substituents is 1. The Morgan fingerprint density at radius 2 is 1.48 bits per heavy atom. The molecule has 370 valence electrons. The number of hydrogen-bond acceptors (Lipinski definition) is 21. The molecule has 0 aromatic heterocycles. The van der Waals surface area contributed by atoms with Crippen molar-refractivity contribution < 1.29 is 113 Å². The maximum Gasteiger partial charge on any atom is 0.364 e. The number of carbonyl (C=O) groups excluding carboxylic acids is 3. The predicted octanol–water partition coefficient (Wildman–Crippen LogP) is -4.01. The second kappa shape index (κ2) is 24.8. The van der Waals surface area contributed by atoms with Crippen LogP contribution in [0.3, 0.4) is 0 Å². The summed E-state index contributed by atoms with van der Waals surface area (Å²) < 4.78 is 53.7. The number of phenols is 1. The highest BCUT2D eigenvalue weighted by Gasteiger charge is 2.60. The van der Waals surface area contributed by atoms with Gasteiger partial charge in [0.05, 0.1) is 44.6 Å². The topological polar surface area (TPSA) is 379 Å². The first kappa shape index (κ1) is 53.8. The van der Waals surface area contributed by atoms with Gasteiger partial charge >= 0.3 is 11.9 Å². The van der Waals surface area contributed by atoms with Crippen LogP contribution in [0.1, 0.15) is 68.6 Å². The van der Waals surface area contributed by atoms with E-state index in [2.05, 4.69) is 15.4 Å². The number of halogens is 1. The molecule has 11 unspecified atom stereocenters. The summed E-state index contributed by atoms with van der Waals surface area (Å²) in [7, 11) is 1.30. The highest BCUT2D eigenvalue weighted by Crippen LogP contribution is 2.38. The lowest BCUT2D eigenvalue weighted by Gasteiger charge is -2.51. The number of ether oxygens (including phenoxy) is 7. The molecular formula is C40H61FN2O22. The molecule has 0 aliphatic carbocycles. The first-order valence-corrected chi connectivity index (χ1v) is 21.0. The van der Waals surface area contributed by atoms with Crippen molar-refractivity contribution >= 4 is 23.8 Å². The minimum Gasteiger partial charge on any atom is -0.507 e. The second-order valence-corrected chi connectivity index (χ2v) is 16.0. The molecule has 24 nitrogen and oxygen atoms in total. The monoisotopic (exact) mass is 940 g/mol. The average Bonchev–Trinajstić information content (AvgIpc) is 3.27. The van der Waals surface area contributed by atoms with Crippen molar-refractivity contribution in [2.75, 3.05) is 33.5 Å².